The molecule has 1 aliphatic rings. The third-order valence-electron chi connectivity index (χ3n) is 5.90. The Balaban J connectivity index is 1.72. The van der Waals surface area contributed by atoms with Crippen LogP contribution in [0.15, 0.2) is 67.0 Å². The first-order chi connectivity index (χ1) is 12.7. The van der Waals surface area contributed by atoms with Gasteiger partial charge in [0.15, 0.2) is 0 Å². The highest BCUT2D eigenvalue weighted by atomic mass is 19.1. The van der Waals surface area contributed by atoms with Crippen LogP contribution in [0, 0.1) is 6.08 Å². The van der Waals surface area contributed by atoms with Crippen molar-refractivity contribution in [3.05, 3.63) is 89.8 Å². The largest absolute Gasteiger partial charge is 0.296 e. The summed E-state index contributed by atoms with van der Waals surface area (Å²) >= 11 is 0. The summed E-state index contributed by atoms with van der Waals surface area (Å²) in [5, 5.41) is 0. The molecule has 0 amide bonds. The van der Waals surface area contributed by atoms with E-state index in [-0.39, 0.29) is 11.5 Å². The van der Waals surface area contributed by atoms with E-state index >= 15 is 0 Å². The summed E-state index contributed by atoms with van der Waals surface area (Å²) in [4.78, 5) is 3.79. The van der Waals surface area contributed by atoms with Crippen molar-refractivity contribution in [3.8, 4) is 0 Å². The van der Waals surface area contributed by atoms with E-state index in [0.29, 0.717) is 0 Å². The Morgan fingerprint density at radius 3 is 2.19 bits per heavy atom. The van der Waals surface area contributed by atoms with Gasteiger partial charge in [-0.3, -0.25) is 4.57 Å². The second-order valence-corrected chi connectivity index (χ2v) is 7.66. The predicted octanol–water partition coefficient (Wildman–Crippen LogP) is 5.88. The van der Waals surface area contributed by atoms with E-state index in [1.54, 1.807) is 10.8 Å². The SMILES string of the molecule is CC1(c2ccc(C(c3ccccc3)n3ccnc3F)cc2)CCCCC1. The highest BCUT2D eigenvalue weighted by molar-refractivity contribution is 5.36. The molecule has 0 radical (unpaired) electrons. The zero-order chi connectivity index (χ0) is 18.0. The van der Waals surface area contributed by atoms with Crippen molar-refractivity contribution in [2.24, 2.45) is 0 Å². The Bertz CT molecular complexity index is 845. The van der Waals surface area contributed by atoms with Gasteiger partial charge in [0.25, 0.3) is 6.08 Å². The number of halogens is 1. The van der Waals surface area contributed by atoms with E-state index in [1.807, 2.05) is 30.3 Å². The number of nitrogens with zero attached hydrogens (tertiary/aromatic N) is 2. The van der Waals surface area contributed by atoms with Gasteiger partial charge in [0, 0.05) is 12.4 Å². The predicted molar refractivity (Wildman–Crippen MR) is 103 cm³/mol. The van der Waals surface area contributed by atoms with E-state index in [1.165, 1.54) is 43.9 Å². The minimum absolute atomic E-state index is 0.202. The number of hydrogen-bond acceptors (Lipinski definition) is 1. The quantitative estimate of drug-likeness (QED) is 0.575. The van der Waals surface area contributed by atoms with Crippen molar-refractivity contribution in [1.82, 2.24) is 9.55 Å². The molecule has 2 nitrogen and oxygen atoms in total. The third kappa shape index (κ3) is 3.18. The maximum Gasteiger partial charge on any atom is 0.289 e. The molecule has 0 spiro atoms. The standard InChI is InChI=1S/C23H25FN2/c1-23(14-6-3-7-15-23)20-12-10-19(11-13-20)21(18-8-4-2-5-9-18)26-17-16-25-22(26)24/h2,4-5,8-13,16-17,21H,3,6-7,14-15H2,1H3. The van der Waals surface area contributed by atoms with Crippen molar-refractivity contribution < 1.29 is 4.39 Å². The summed E-state index contributed by atoms with van der Waals surface area (Å²) in [5.74, 6) is 0. The van der Waals surface area contributed by atoms with E-state index < -0.39 is 6.08 Å². The van der Waals surface area contributed by atoms with Gasteiger partial charge in [-0.15, -0.1) is 0 Å². The Labute approximate surface area is 154 Å². The molecule has 1 saturated carbocycles. The molecule has 2 aromatic carbocycles. The van der Waals surface area contributed by atoms with Crippen LogP contribution in [0.25, 0.3) is 0 Å². The van der Waals surface area contributed by atoms with E-state index in [9.17, 15) is 4.39 Å². The molecule has 0 bridgehead atoms. The molecule has 0 aliphatic heterocycles. The Morgan fingerprint density at radius 2 is 1.58 bits per heavy atom. The topological polar surface area (TPSA) is 17.8 Å². The number of benzene rings is 2. The van der Waals surface area contributed by atoms with Gasteiger partial charge in [0.05, 0.1) is 6.04 Å². The van der Waals surface area contributed by atoms with Crippen LogP contribution in [0.2, 0.25) is 0 Å². The molecule has 134 valence electrons. The fourth-order valence-electron chi connectivity index (χ4n) is 4.32. The van der Waals surface area contributed by atoms with Crippen molar-refractivity contribution in [1.29, 1.82) is 0 Å². The fourth-order valence-corrected chi connectivity index (χ4v) is 4.32. The molecule has 4 rings (SSSR count). The van der Waals surface area contributed by atoms with Crippen LogP contribution < -0.4 is 0 Å². The second-order valence-electron chi connectivity index (χ2n) is 7.66. The number of imidazole rings is 1. The van der Waals surface area contributed by atoms with Gasteiger partial charge in [-0.1, -0.05) is 80.8 Å². The molecule has 3 heteroatoms. The van der Waals surface area contributed by atoms with Gasteiger partial charge in [-0.2, -0.15) is 4.39 Å². The lowest BCUT2D eigenvalue weighted by molar-refractivity contribution is 0.319. The summed E-state index contributed by atoms with van der Waals surface area (Å²) in [6.45, 7) is 2.38. The summed E-state index contributed by atoms with van der Waals surface area (Å²) < 4.78 is 15.9. The third-order valence-corrected chi connectivity index (χ3v) is 5.90. The molecule has 3 aromatic rings. The Morgan fingerprint density at radius 1 is 0.923 bits per heavy atom. The zero-order valence-corrected chi connectivity index (χ0v) is 15.2. The molecule has 1 atom stereocenters. The molecule has 1 aliphatic carbocycles. The van der Waals surface area contributed by atoms with Crippen LogP contribution in [-0.4, -0.2) is 9.55 Å². The first kappa shape index (κ1) is 17.0. The smallest absolute Gasteiger partial charge is 0.289 e. The van der Waals surface area contributed by atoms with Gasteiger partial charge < -0.3 is 0 Å². The molecule has 1 aromatic heterocycles. The van der Waals surface area contributed by atoms with Crippen LogP contribution >= 0.6 is 0 Å². The van der Waals surface area contributed by atoms with Crippen LogP contribution in [0.1, 0.15) is 61.8 Å². The van der Waals surface area contributed by atoms with Crippen LogP contribution in [0.5, 0.6) is 0 Å². The monoisotopic (exact) mass is 348 g/mol. The average Bonchev–Trinajstić information content (AvgIpc) is 3.10. The lowest BCUT2D eigenvalue weighted by Gasteiger charge is -2.34. The normalized spacial score (nSPS) is 17.8. The molecule has 26 heavy (non-hydrogen) atoms. The molecular formula is C23H25FN2. The van der Waals surface area contributed by atoms with Crippen molar-refractivity contribution in [3.63, 3.8) is 0 Å². The molecule has 1 unspecified atom stereocenters. The minimum Gasteiger partial charge on any atom is -0.296 e. The van der Waals surface area contributed by atoms with Crippen molar-refractivity contribution in [2.45, 2.75) is 50.5 Å². The zero-order valence-electron chi connectivity index (χ0n) is 15.2. The van der Waals surface area contributed by atoms with Crippen molar-refractivity contribution in [2.75, 3.05) is 0 Å². The van der Waals surface area contributed by atoms with Crippen molar-refractivity contribution >= 4 is 0 Å². The summed E-state index contributed by atoms with van der Waals surface area (Å²) in [6.07, 6.45) is 9.25. The average molecular weight is 348 g/mol. The highest BCUT2D eigenvalue weighted by Crippen LogP contribution is 2.39. The summed E-state index contributed by atoms with van der Waals surface area (Å²) in [7, 11) is 0. The van der Waals surface area contributed by atoms with Gasteiger partial charge in [-0.05, 0) is 34.9 Å². The number of hydrogen-bond donors (Lipinski definition) is 0. The number of rotatable bonds is 4. The van der Waals surface area contributed by atoms with Gasteiger partial charge in [-0.25, -0.2) is 4.98 Å². The highest BCUT2D eigenvalue weighted by Gasteiger charge is 2.29. The van der Waals surface area contributed by atoms with Gasteiger partial charge in [0.1, 0.15) is 0 Å². The maximum atomic E-state index is 14.3. The van der Waals surface area contributed by atoms with Crippen LogP contribution in [0.3, 0.4) is 0 Å². The van der Waals surface area contributed by atoms with Crippen LogP contribution in [-0.2, 0) is 5.41 Å². The summed E-state index contributed by atoms with van der Waals surface area (Å²) in [6, 6.07) is 18.7. The first-order valence-electron chi connectivity index (χ1n) is 9.51. The molecular weight excluding hydrogens is 323 g/mol. The minimum atomic E-state index is -0.456. The molecule has 1 fully saturated rings. The van der Waals surface area contributed by atoms with E-state index in [0.717, 1.165) is 11.1 Å². The van der Waals surface area contributed by atoms with E-state index in [2.05, 4.69) is 36.2 Å². The Hall–Kier alpha value is -2.42. The lowest BCUT2D eigenvalue weighted by atomic mass is 9.71. The van der Waals surface area contributed by atoms with Gasteiger partial charge in [0.2, 0.25) is 0 Å². The molecule has 1 heterocycles. The second kappa shape index (κ2) is 7.06. The van der Waals surface area contributed by atoms with E-state index in [4.69, 9.17) is 0 Å². The number of aromatic nitrogens is 2. The first-order valence-corrected chi connectivity index (χ1v) is 9.51. The molecule has 0 N–H and O–H groups in total. The van der Waals surface area contributed by atoms with Crippen LogP contribution in [0.4, 0.5) is 4.39 Å². The maximum absolute atomic E-state index is 14.3. The van der Waals surface area contributed by atoms with Gasteiger partial charge >= 0.3 is 0 Å². The summed E-state index contributed by atoms with van der Waals surface area (Å²) in [5.41, 5.74) is 3.82. The fraction of sp³-hybridized carbons (Fsp3) is 0.348. The Kier molecular flexibility index (Phi) is 4.62. The molecule has 0 saturated heterocycles. The lowest BCUT2D eigenvalue weighted by Crippen LogP contribution is -2.25.